The zero-order valence-electron chi connectivity index (χ0n) is 14.9. The van der Waals surface area contributed by atoms with E-state index in [4.69, 9.17) is 0 Å². The summed E-state index contributed by atoms with van der Waals surface area (Å²) in [7, 11) is -3.54. The molecule has 1 aliphatic rings. The predicted molar refractivity (Wildman–Crippen MR) is 96.1 cm³/mol. The van der Waals surface area contributed by atoms with Crippen molar-refractivity contribution in [1.29, 1.82) is 0 Å². The van der Waals surface area contributed by atoms with Crippen LogP contribution in [0.4, 0.5) is 0 Å². The Kier molecular flexibility index (Phi) is 5.38. The molecule has 3 rings (SSSR count). The van der Waals surface area contributed by atoms with E-state index in [9.17, 15) is 13.2 Å². The number of sulfonamides is 1. The highest BCUT2D eigenvalue weighted by Gasteiger charge is 2.31. The fraction of sp³-hybridized carbons (Fsp3) is 0.471. The topological polar surface area (TPSA) is 97.2 Å². The molecule has 1 aliphatic heterocycles. The van der Waals surface area contributed by atoms with Crippen LogP contribution in [-0.2, 0) is 10.0 Å². The Morgan fingerprint density at radius 3 is 2.69 bits per heavy atom. The zero-order valence-corrected chi connectivity index (χ0v) is 15.7. The third-order valence-corrected chi connectivity index (χ3v) is 6.16. The SMILES string of the molecule is CC(C)NC(=O)c1cn([C@H]2CCCN(S(=O)(=O)c3ccccc3)C2)nn1. The smallest absolute Gasteiger partial charge is 0.273 e. The molecule has 0 spiro atoms. The summed E-state index contributed by atoms with van der Waals surface area (Å²) in [6.07, 6.45) is 3.10. The second kappa shape index (κ2) is 7.55. The lowest BCUT2D eigenvalue weighted by molar-refractivity contribution is 0.0938. The number of hydrogen-bond donors (Lipinski definition) is 1. The van der Waals surface area contributed by atoms with E-state index in [-0.39, 0.29) is 28.6 Å². The molecule has 1 N–H and O–H groups in total. The van der Waals surface area contributed by atoms with Crippen LogP contribution < -0.4 is 5.32 Å². The van der Waals surface area contributed by atoms with Gasteiger partial charge in [-0.2, -0.15) is 4.31 Å². The largest absolute Gasteiger partial charge is 0.348 e. The van der Waals surface area contributed by atoms with Crippen LogP contribution in [0.3, 0.4) is 0 Å². The first-order valence-corrected chi connectivity index (χ1v) is 10.1. The minimum absolute atomic E-state index is 0.00818. The van der Waals surface area contributed by atoms with Gasteiger partial charge in [-0.15, -0.1) is 5.10 Å². The summed E-state index contributed by atoms with van der Waals surface area (Å²) in [6, 6.07) is 8.28. The van der Waals surface area contributed by atoms with E-state index >= 15 is 0 Å². The summed E-state index contributed by atoms with van der Waals surface area (Å²) >= 11 is 0. The molecular weight excluding hydrogens is 354 g/mol. The molecule has 1 fully saturated rings. The summed E-state index contributed by atoms with van der Waals surface area (Å²) in [5, 5.41) is 10.7. The normalized spacial score (nSPS) is 18.8. The van der Waals surface area contributed by atoms with Crippen LogP contribution in [0, 0.1) is 0 Å². The van der Waals surface area contributed by atoms with Crippen molar-refractivity contribution in [1.82, 2.24) is 24.6 Å². The maximum absolute atomic E-state index is 12.8. The second-order valence-electron chi connectivity index (χ2n) is 6.68. The molecule has 0 bridgehead atoms. The molecular formula is C17H23N5O3S. The molecule has 0 saturated carbocycles. The van der Waals surface area contributed by atoms with Crippen molar-refractivity contribution in [3.63, 3.8) is 0 Å². The number of benzene rings is 1. The Balaban J connectivity index is 1.75. The molecule has 0 aliphatic carbocycles. The van der Waals surface area contributed by atoms with Gasteiger partial charge in [0, 0.05) is 19.1 Å². The van der Waals surface area contributed by atoms with Gasteiger partial charge >= 0.3 is 0 Å². The first-order chi connectivity index (χ1) is 12.4. The van der Waals surface area contributed by atoms with E-state index in [1.165, 1.54) is 4.31 Å². The first kappa shape index (κ1) is 18.5. The molecule has 1 atom stereocenters. The van der Waals surface area contributed by atoms with Gasteiger partial charge in [0.25, 0.3) is 5.91 Å². The number of nitrogens with zero attached hydrogens (tertiary/aromatic N) is 4. The fourth-order valence-corrected chi connectivity index (χ4v) is 4.53. The highest BCUT2D eigenvalue weighted by Crippen LogP contribution is 2.26. The molecule has 0 unspecified atom stereocenters. The van der Waals surface area contributed by atoms with Gasteiger partial charge in [-0.1, -0.05) is 23.4 Å². The molecule has 2 aromatic rings. The van der Waals surface area contributed by atoms with Crippen LogP contribution in [0.2, 0.25) is 0 Å². The average Bonchev–Trinajstić information content (AvgIpc) is 3.12. The zero-order chi connectivity index (χ0) is 18.7. The van der Waals surface area contributed by atoms with Crippen LogP contribution in [0.5, 0.6) is 0 Å². The summed E-state index contributed by atoms with van der Waals surface area (Å²) in [5.41, 5.74) is 0.238. The van der Waals surface area contributed by atoms with Gasteiger partial charge in [0.1, 0.15) is 0 Å². The number of nitrogens with one attached hydrogen (secondary N) is 1. The molecule has 2 heterocycles. The van der Waals surface area contributed by atoms with Gasteiger partial charge < -0.3 is 5.32 Å². The van der Waals surface area contributed by atoms with Crippen LogP contribution in [0.15, 0.2) is 41.4 Å². The molecule has 9 heteroatoms. The molecule has 1 aromatic heterocycles. The molecule has 140 valence electrons. The van der Waals surface area contributed by atoms with E-state index in [1.807, 2.05) is 13.8 Å². The van der Waals surface area contributed by atoms with Crippen molar-refractivity contribution in [3.05, 3.63) is 42.2 Å². The summed E-state index contributed by atoms with van der Waals surface area (Å²) < 4.78 is 28.7. The van der Waals surface area contributed by atoms with Gasteiger partial charge in [0.2, 0.25) is 10.0 Å². The monoisotopic (exact) mass is 377 g/mol. The second-order valence-corrected chi connectivity index (χ2v) is 8.62. The van der Waals surface area contributed by atoms with Gasteiger partial charge in [0.05, 0.1) is 17.1 Å². The van der Waals surface area contributed by atoms with Crippen molar-refractivity contribution >= 4 is 15.9 Å². The summed E-state index contributed by atoms with van der Waals surface area (Å²) in [4.78, 5) is 12.3. The maximum Gasteiger partial charge on any atom is 0.273 e. The number of hydrogen-bond acceptors (Lipinski definition) is 5. The van der Waals surface area contributed by atoms with Crippen molar-refractivity contribution in [3.8, 4) is 0 Å². The van der Waals surface area contributed by atoms with Crippen LogP contribution >= 0.6 is 0 Å². The van der Waals surface area contributed by atoms with Crippen molar-refractivity contribution in [2.45, 2.75) is 43.7 Å². The summed E-state index contributed by atoms with van der Waals surface area (Å²) in [5.74, 6) is -0.282. The Hall–Kier alpha value is -2.26. The van der Waals surface area contributed by atoms with Gasteiger partial charge in [0.15, 0.2) is 5.69 Å². The van der Waals surface area contributed by atoms with Crippen LogP contribution in [0.1, 0.15) is 43.2 Å². The van der Waals surface area contributed by atoms with Crippen molar-refractivity contribution < 1.29 is 13.2 Å². The Morgan fingerprint density at radius 2 is 2.00 bits per heavy atom. The van der Waals surface area contributed by atoms with Gasteiger partial charge in [-0.05, 0) is 38.8 Å². The lowest BCUT2D eigenvalue weighted by atomic mass is 10.1. The highest BCUT2D eigenvalue weighted by atomic mass is 32.2. The number of amides is 1. The average molecular weight is 377 g/mol. The number of carbonyl (C=O) groups is 1. The standard InChI is InChI=1S/C17H23N5O3S/c1-13(2)18-17(23)16-12-22(20-19-16)14-7-6-10-21(11-14)26(24,25)15-8-4-3-5-9-15/h3-5,8-9,12-14H,6-7,10-11H2,1-2H3,(H,18,23)/t14-/m0/s1. The number of rotatable bonds is 5. The third-order valence-electron chi connectivity index (χ3n) is 4.28. The lowest BCUT2D eigenvalue weighted by Crippen LogP contribution is -2.40. The Bertz CT molecular complexity index is 864. The first-order valence-electron chi connectivity index (χ1n) is 8.66. The van der Waals surface area contributed by atoms with E-state index < -0.39 is 10.0 Å². The third kappa shape index (κ3) is 3.94. The summed E-state index contributed by atoms with van der Waals surface area (Å²) in [6.45, 7) is 4.53. The molecule has 1 aromatic carbocycles. The fourth-order valence-electron chi connectivity index (χ4n) is 2.99. The Labute approximate surface area is 153 Å². The van der Waals surface area contributed by atoms with Crippen LogP contribution in [0.25, 0.3) is 0 Å². The number of aromatic nitrogens is 3. The predicted octanol–water partition coefficient (Wildman–Crippen LogP) is 1.44. The molecule has 8 nitrogen and oxygen atoms in total. The van der Waals surface area contributed by atoms with E-state index in [0.717, 1.165) is 12.8 Å². The molecule has 0 radical (unpaired) electrons. The molecule has 26 heavy (non-hydrogen) atoms. The van der Waals surface area contributed by atoms with Gasteiger partial charge in [-0.25, -0.2) is 13.1 Å². The minimum atomic E-state index is -3.54. The molecule has 1 amide bonds. The van der Waals surface area contributed by atoms with E-state index in [0.29, 0.717) is 13.1 Å². The van der Waals surface area contributed by atoms with E-state index in [1.54, 1.807) is 41.2 Å². The minimum Gasteiger partial charge on any atom is -0.348 e. The Morgan fingerprint density at radius 1 is 1.27 bits per heavy atom. The lowest BCUT2D eigenvalue weighted by Gasteiger charge is -2.31. The van der Waals surface area contributed by atoms with Crippen LogP contribution in [-0.4, -0.2) is 52.8 Å². The molecule has 1 saturated heterocycles. The quantitative estimate of drug-likeness (QED) is 0.850. The number of piperidine rings is 1. The van der Waals surface area contributed by atoms with Crippen molar-refractivity contribution in [2.75, 3.05) is 13.1 Å². The maximum atomic E-state index is 12.8. The van der Waals surface area contributed by atoms with Gasteiger partial charge in [-0.3, -0.25) is 4.79 Å². The number of carbonyl (C=O) groups excluding carboxylic acids is 1. The van der Waals surface area contributed by atoms with E-state index in [2.05, 4.69) is 15.6 Å². The highest BCUT2D eigenvalue weighted by molar-refractivity contribution is 7.89. The van der Waals surface area contributed by atoms with Crippen molar-refractivity contribution in [2.24, 2.45) is 0 Å².